The molecule has 0 amide bonds. The summed E-state index contributed by atoms with van der Waals surface area (Å²) in [6.07, 6.45) is 2.56. The number of thiophene rings is 1. The lowest BCUT2D eigenvalue weighted by atomic mass is 10.1. The molecule has 1 aliphatic rings. The Morgan fingerprint density at radius 2 is 2.27 bits per heavy atom. The Balaban J connectivity index is 1.79. The molecule has 1 aromatic heterocycles. The van der Waals surface area contributed by atoms with Crippen molar-refractivity contribution in [2.45, 2.75) is 25.4 Å². The van der Waals surface area contributed by atoms with Crippen LogP contribution in [0.5, 0.6) is 0 Å². The second kappa shape index (κ2) is 5.55. The Hall–Kier alpha value is -0.500. The fourth-order valence-electron chi connectivity index (χ4n) is 1.68. The van der Waals surface area contributed by atoms with E-state index in [4.69, 9.17) is 5.26 Å². The molecule has 0 radical (unpaired) electrons. The number of hydrogen-bond acceptors (Lipinski definition) is 4. The van der Waals surface area contributed by atoms with Gasteiger partial charge in [0.25, 0.3) is 0 Å². The van der Waals surface area contributed by atoms with Crippen LogP contribution in [0, 0.1) is 11.3 Å². The van der Waals surface area contributed by atoms with Crippen molar-refractivity contribution in [1.82, 2.24) is 5.32 Å². The van der Waals surface area contributed by atoms with E-state index in [1.807, 2.05) is 23.2 Å². The lowest BCUT2D eigenvalue weighted by Crippen LogP contribution is -2.31. The molecule has 0 spiro atoms. The van der Waals surface area contributed by atoms with E-state index in [0.717, 1.165) is 12.1 Å². The molecule has 0 aromatic carbocycles. The molecule has 1 N–H and O–H groups in total. The SMILES string of the molecule is N#Cc1csc(CNC2CCSCC2)c1. The first-order chi connectivity index (χ1) is 7.38. The van der Waals surface area contributed by atoms with Gasteiger partial charge in [0, 0.05) is 22.8 Å². The van der Waals surface area contributed by atoms with Gasteiger partial charge in [0.1, 0.15) is 6.07 Å². The molecule has 2 rings (SSSR count). The van der Waals surface area contributed by atoms with E-state index in [0.29, 0.717) is 6.04 Å². The summed E-state index contributed by atoms with van der Waals surface area (Å²) in [6.45, 7) is 0.918. The van der Waals surface area contributed by atoms with Crippen LogP contribution in [0.4, 0.5) is 0 Å². The van der Waals surface area contributed by atoms with Crippen molar-refractivity contribution in [3.8, 4) is 6.07 Å². The maximum atomic E-state index is 8.70. The molecular formula is C11H14N2S2. The van der Waals surface area contributed by atoms with Crippen molar-refractivity contribution in [3.63, 3.8) is 0 Å². The third-order valence-corrected chi connectivity index (χ3v) is 4.55. The van der Waals surface area contributed by atoms with Crippen LogP contribution >= 0.6 is 23.1 Å². The fraction of sp³-hybridized carbons (Fsp3) is 0.545. The van der Waals surface area contributed by atoms with E-state index in [-0.39, 0.29) is 0 Å². The molecule has 1 saturated heterocycles. The zero-order valence-corrected chi connectivity index (χ0v) is 10.2. The topological polar surface area (TPSA) is 35.8 Å². The summed E-state index contributed by atoms with van der Waals surface area (Å²) in [6, 6.07) is 4.83. The van der Waals surface area contributed by atoms with Gasteiger partial charge >= 0.3 is 0 Å². The average Bonchev–Trinajstić information content (AvgIpc) is 2.76. The standard InChI is InChI=1S/C11H14N2S2/c12-6-9-5-11(15-8-9)7-13-10-1-3-14-4-2-10/h5,8,10,13H,1-4,7H2. The molecule has 0 aliphatic carbocycles. The molecule has 1 aliphatic heterocycles. The van der Waals surface area contributed by atoms with E-state index in [1.165, 1.54) is 29.2 Å². The highest BCUT2D eigenvalue weighted by atomic mass is 32.2. The number of thioether (sulfide) groups is 1. The number of nitrogens with zero attached hydrogens (tertiary/aromatic N) is 1. The average molecular weight is 238 g/mol. The third-order valence-electron chi connectivity index (χ3n) is 2.57. The van der Waals surface area contributed by atoms with Gasteiger partial charge in [-0.3, -0.25) is 0 Å². The van der Waals surface area contributed by atoms with Gasteiger partial charge in [0.15, 0.2) is 0 Å². The van der Waals surface area contributed by atoms with Crippen molar-refractivity contribution < 1.29 is 0 Å². The maximum Gasteiger partial charge on any atom is 0.100 e. The smallest absolute Gasteiger partial charge is 0.100 e. The molecule has 1 aromatic rings. The summed E-state index contributed by atoms with van der Waals surface area (Å²) in [5.41, 5.74) is 0.788. The molecule has 2 heterocycles. The first-order valence-electron chi connectivity index (χ1n) is 5.17. The van der Waals surface area contributed by atoms with Crippen LogP contribution < -0.4 is 5.32 Å². The summed E-state index contributed by atoms with van der Waals surface area (Å²) >= 11 is 3.72. The summed E-state index contributed by atoms with van der Waals surface area (Å²) in [5.74, 6) is 2.57. The van der Waals surface area contributed by atoms with Gasteiger partial charge in [0.05, 0.1) is 5.56 Å². The summed E-state index contributed by atoms with van der Waals surface area (Å²) in [4.78, 5) is 1.27. The monoisotopic (exact) mass is 238 g/mol. The maximum absolute atomic E-state index is 8.70. The Kier molecular flexibility index (Phi) is 4.07. The third kappa shape index (κ3) is 3.23. The second-order valence-corrected chi connectivity index (χ2v) is 5.90. The number of hydrogen-bond donors (Lipinski definition) is 1. The lowest BCUT2D eigenvalue weighted by Gasteiger charge is -2.22. The van der Waals surface area contributed by atoms with Gasteiger partial charge in [-0.15, -0.1) is 11.3 Å². The summed E-state index contributed by atoms with van der Waals surface area (Å²) < 4.78 is 0. The minimum Gasteiger partial charge on any atom is -0.309 e. The predicted octanol–water partition coefficient (Wildman–Crippen LogP) is 2.60. The van der Waals surface area contributed by atoms with Gasteiger partial charge in [-0.05, 0) is 30.4 Å². The van der Waals surface area contributed by atoms with Crippen LogP contribution in [0.1, 0.15) is 23.3 Å². The molecule has 0 unspecified atom stereocenters. The Morgan fingerprint density at radius 3 is 2.93 bits per heavy atom. The fourth-order valence-corrected chi connectivity index (χ4v) is 3.55. The minimum atomic E-state index is 0.680. The molecule has 0 bridgehead atoms. The lowest BCUT2D eigenvalue weighted by molar-refractivity contribution is 0.484. The summed E-state index contributed by atoms with van der Waals surface area (Å²) in [5, 5.41) is 14.2. The van der Waals surface area contributed by atoms with Gasteiger partial charge in [-0.1, -0.05) is 0 Å². The van der Waals surface area contributed by atoms with E-state index < -0.39 is 0 Å². The Bertz CT molecular complexity index is 348. The highest BCUT2D eigenvalue weighted by Crippen LogP contribution is 2.18. The normalized spacial score (nSPS) is 17.5. The molecule has 15 heavy (non-hydrogen) atoms. The van der Waals surface area contributed by atoms with Crippen molar-refractivity contribution in [3.05, 3.63) is 21.9 Å². The van der Waals surface area contributed by atoms with Crippen molar-refractivity contribution in [2.24, 2.45) is 0 Å². The van der Waals surface area contributed by atoms with Crippen LogP contribution in [0.25, 0.3) is 0 Å². The highest BCUT2D eigenvalue weighted by molar-refractivity contribution is 7.99. The highest BCUT2D eigenvalue weighted by Gasteiger charge is 2.12. The van der Waals surface area contributed by atoms with Crippen LogP contribution in [-0.4, -0.2) is 17.5 Å². The number of nitrogens with one attached hydrogen (secondary N) is 1. The molecule has 1 fully saturated rings. The Labute approximate surface area is 98.7 Å². The van der Waals surface area contributed by atoms with Crippen LogP contribution in [0.3, 0.4) is 0 Å². The zero-order valence-electron chi connectivity index (χ0n) is 8.53. The van der Waals surface area contributed by atoms with E-state index >= 15 is 0 Å². The zero-order chi connectivity index (χ0) is 10.5. The largest absolute Gasteiger partial charge is 0.309 e. The van der Waals surface area contributed by atoms with Gasteiger partial charge in [-0.25, -0.2) is 0 Å². The molecular weight excluding hydrogens is 224 g/mol. The van der Waals surface area contributed by atoms with Crippen molar-refractivity contribution in [1.29, 1.82) is 5.26 Å². The predicted molar refractivity (Wildman–Crippen MR) is 66.2 cm³/mol. The van der Waals surface area contributed by atoms with Crippen molar-refractivity contribution in [2.75, 3.05) is 11.5 Å². The van der Waals surface area contributed by atoms with E-state index in [9.17, 15) is 0 Å². The second-order valence-electron chi connectivity index (χ2n) is 3.68. The number of nitriles is 1. The van der Waals surface area contributed by atoms with E-state index in [2.05, 4.69) is 11.4 Å². The molecule has 4 heteroatoms. The van der Waals surface area contributed by atoms with E-state index in [1.54, 1.807) is 11.3 Å². The van der Waals surface area contributed by atoms with Crippen LogP contribution in [-0.2, 0) is 6.54 Å². The molecule has 0 atom stereocenters. The first-order valence-corrected chi connectivity index (χ1v) is 7.20. The quantitative estimate of drug-likeness (QED) is 0.879. The minimum absolute atomic E-state index is 0.680. The van der Waals surface area contributed by atoms with Crippen LogP contribution in [0.2, 0.25) is 0 Å². The van der Waals surface area contributed by atoms with Crippen molar-refractivity contribution >= 4 is 23.1 Å². The van der Waals surface area contributed by atoms with Gasteiger partial charge in [0.2, 0.25) is 0 Å². The van der Waals surface area contributed by atoms with Gasteiger partial charge in [-0.2, -0.15) is 17.0 Å². The van der Waals surface area contributed by atoms with Gasteiger partial charge < -0.3 is 5.32 Å². The number of rotatable bonds is 3. The molecule has 0 saturated carbocycles. The summed E-state index contributed by atoms with van der Waals surface area (Å²) in [7, 11) is 0. The first kappa shape index (κ1) is 11.0. The molecule has 2 nitrogen and oxygen atoms in total. The molecule has 80 valence electrons. The van der Waals surface area contributed by atoms with Crippen LogP contribution in [0.15, 0.2) is 11.4 Å². The Morgan fingerprint density at radius 1 is 1.47 bits per heavy atom.